The molecule has 0 saturated heterocycles. The van der Waals surface area contributed by atoms with Crippen molar-refractivity contribution in [1.82, 2.24) is 0 Å². The van der Waals surface area contributed by atoms with E-state index < -0.39 is 0 Å². The molecule has 0 saturated carbocycles. The lowest BCUT2D eigenvalue weighted by Gasteiger charge is -2.41. The second-order valence-corrected chi connectivity index (χ2v) is 10.3. The standard InChI is InChI=1S/C28H44/c1-10-12-20(4)22(6)24-18-23(13-11-2)17-21(5)27(24)25-16-19(3)14-15-26(25)28(7,8)9/h16-18,22,25-26H,4,10-15H2,1-3,5-9H3. The Morgan fingerprint density at radius 1 is 1.14 bits per heavy atom. The quantitative estimate of drug-likeness (QED) is 0.414. The lowest BCUT2D eigenvalue weighted by Crippen LogP contribution is -2.30. The summed E-state index contributed by atoms with van der Waals surface area (Å²) in [5, 5.41) is 0. The summed E-state index contributed by atoms with van der Waals surface area (Å²) in [5.41, 5.74) is 9.41. The lowest BCUT2D eigenvalue weighted by atomic mass is 9.63. The van der Waals surface area contributed by atoms with Gasteiger partial charge >= 0.3 is 0 Å². The minimum atomic E-state index is 0.317. The van der Waals surface area contributed by atoms with Crippen LogP contribution in [0.2, 0.25) is 0 Å². The first-order chi connectivity index (χ1) is 13.1. The van der Waals surface area contributed by atoms with Crippen molar-refractivity contribution in [2.24, 2.45) is 11.3 Å². The zero-order valence-electron chi connectivity index (χ0n) is 19.9. The molecule has 0 N–H and O–H groups in total. The molecule has 0 heterocycles. The summed E-state index contributed by atoms with van der Waals surface area (Å²) in [5.74, 6) is 1.65. The Bertz CT molecular complexity index is 710. The number of rotatable bonds is 7. The summed E-state index contributed by atoms with van der Waals surface area (Å²) >= 11 is 0. The molecular weight excluding hydrogens is 336 g/mol. The number of hydrogen-bond acceptors (Lipinski definition) is 0. The lowest BCUT2D eigenvalue weighted by molar-refractivity contribution is 0.197. The highest BCUT2D eigenvalue weighted by molar-refractivity contribution is 5.48. The summed E-state index contributed by atoms with van der Waals surface area (Å²) in [7, 11) is 0. The van der Waals surface area contributed by atoms with Crippen molar-refractivity contribution < 1.29 is 0 Å². The van der Waals surface area contributed by atoms with E-state index in [0.717, 1.165) is 6.42 Å². The molecule has 3 atom stereocenters. The Morgan fingerprint density at radius 3 is 2.39 bits per heavy atom. The van der Waals surface area contributed by atoms with Crippen LogP contribution in [0.3, 0.4) is 0 Å². The molecule has 0 heteroatoms. The van der Waals surface area contributed by atoms with E-state index in [2.05, 4.69) is 80.2 Å². The van der Waals surface area contributed by atoms with E-state index >= 15 is 0 Å². The van der Waals surface area contributed by atoms with Crippen LogP contribution in [0.4, 0.5) is 0 Å². The van der Waals surface area contributed by atoms with Crippen LogP contribution in [-0.2, 0) is 6.42 Å². The van der Waals surface area contributed by atoms with E-state index in [9.17, 15) is 0 Å². The van der Waals surface area contributed by atoms with Gasteiger partial charge in [-0.3, -0.25) is 0 Å². The van der Waals surface area contributed by atoms with Gasteiger partial charge in [-0.05, 0) is 73.1 Å². The third-order valence-electron chi connectivity index (χ3n) is 6.86. The third kappa shape index (κ3) is 5.19. The molecular formula is C28H44. The van der Waals surface area contributed by atoms with Crippen molar-refractivity contribution in [3.8, 4) is 0 Å². The minimum absolute atomic E-state index is 0.317. The van der Waals surface area contributed by atoms with E-state index in [1.165, 1.54) is 48.8 Å². The Morgan fingerprint density at radius 2 is 1.82 bits per heavy atom. The Labute approximate surface area is 175 Å². The molecule has 1 aromatic carbocycles. The average Bonchev–Trinajstić information content (AvgIpc) is 2.60. The molecule has 156 valence electrons. The SMILES string of the molecule is C=C(CCC)C(C)c1cc(CCC)cc(C)c1C1C=C(C)CCC1C(C)(C)C. The number of hydrogen-bond donors (Lipinski definition) is 0. The van der Waals surface area contributed by atoms with Gasteiger partial charge in [0, 0.05) is 11.8 Å². The molecule has 3 unspecified atom stereocenters. The third-order valence-corrected chi connectivity index (χ3v) is 6.86. The van der Waals surface area contributed by atoms with E-state index in [4.69, 9.17) is 0 Å². The molecule has 2 rings (SSSR count). The van der Waals surface area contributed by atoms with Crippen molar-refractivity contribution in [3.63, 3.8) is 0 Å². The summed E-state index contributed by atoms with van der Waals surface area (Å²) in [6.07, 6.45) is 9.83. The molecule has 1 aliphatic carbocycles. The second-order valence-electron chi connectivity index (χ2n) is 10.3. The maximum absolute atomic E-state index is 4.48. The number of allylic oxidation sites excluding steroid dienone is 3. The molecule has 0 fully saturated rings. The fourth-order valence-corrected chi connectivity index (χ4v) is 5.23. The number of benzene rings is 1. The van der Waals surface area contributed by atoms with Gasteiger partial charge in [0.25, 0.3) is 0 Å². The first kappa shape index (κ1) is 23.0. The highest BCUT2D eigenvalue weighted by Crippen LogP contribution is 2.49. The predicted octanol–water partition coefficient (Wildman–Crippen LogP) is 8.89. The van der Waals surface area contributed by atoms with Gasteiger partial charge in [-0.2, -0.15) is 0 Å². The fourth-order valence-electron chi connectivity index (χ4n) is 5.23. The van der Waals surface area contributed by atoms with Crippen LogP contribution in [0.1, 0.15) is 115 Å². The molecule has 1 aliphatic rings. The topological polar surface area (TPSA) is 0 Å². The monoisotopic (exact) mass is 380 g/mol. The summed E-state index contributed by atoms with van der Waals surface area (Å²) < 4.78 is 0. The maximum Gasteiger partial charge on any atom is 0.00595 e. The minimum Gasteiger partial charge on any atom is -0.0993 e. The van der Waals surface area contributed by atoms with Gasteiger partial charge in [0.1, 0.15) is 0 Å². The Balaban J connectivity index is 2.66. The number of aryl methyl sites for hydroxylation is 2. The molecule has 0 nitrogen and oxygen atoms in total. The molecule has 0 radical (unpaired) electrons. The predicted molar refractivity (Wildman–Crippen MR) is 126 cm³/mol. The molecule has 0 bridgehead atoms. The molecule has 1 aromatic rings. The van der Waals surface area contributed by atoms with Crippen molar-refractivity contribution in [2.75, 3.05) is 0 Å². The zero-order chi connectivity index (χ0) is 21.1. The normalized spacial score (nSPS) is 21.4. The molecule has 0 aliphatic heterocycles. The molecule has 0 spiro atoms. The smallest absolute Gasteiger partial charge is 0.00595 e. The summed E-state index contributed by atoms with van der Waals surface area (Å²) in [4.78, 5) is 0. The van der Waals surface area contributed by atoms with Gasteiger partial charge in [-0.15, -0.1) is 0 Å². The van der Waals surface area contributed by atoms with Gasteiger partial charge < -0.3 is 0 Å². The van der Waals surface area contributed by atoms with Crippen molar-refractivity contribution in [2.45, 2.75) is 106 Å². The fraction of sp³-hybridized carbons (Fsp3) is 0.643. The van der Waals surface area contributed by atoms with Crippen molar-refractivity contribution in [1.29, 1.82) is 0 Å². The van der Waals surface area contributed by atoms with Crippen LogP contribution in [0.25, 0.3) is 0 Å². The van der Waals surface area contributed by atoms with E-state index in [-0.39, 0.29) is 0 Å². The van der Waals surface area contributed by atoms with Gasteiger partial charge in [0.15, 0.2) is 0 Å². The Hall–Kier alpha value is -1.30. The summed E-state index contributed by atoms with van der Waals surface area (Å²) in [6, 6.07) is 4.99. The highest BCUT2D eigenvalue weighted by atomic mass is 14.4. The van der Waals surface area contributed by atoms with Crippen molar-refractivity contribution >= 4 is 0 Å². The van der Waals surface area contributed by atoms with Crippen molar-refractivity contribution in [3.05, 3.63) is 58.2 Å². The van der Waals surface area contributed by atoms with Gasteiger partial charge in [-0.25, -0.2) is 0 Å². The van der Waals surface area contributed by atoms with Gasteiger partial charge in [-0.1, -0.05) is 90.3 Å². The summed E-state index contributed by atoms with van der Waals surface area (Å²) in [6.45, 7) is 23.4. The van der Waals surface area contributed by atoms with Crippen LogP contribution in [0.5, 0.6) is 0 Å². The van der Waals surface area contributed by atoms with E-state index in [1.54, 1.807) is 16.7 Å². The largest absolute Gasteiger partial charge is 0.0993 e. The maximum atomic E-state index is 4.48. The van der Waals surface area contributed by atoms with E-state index in [0.29, 0.717) is 23.2 Å². The van der Waals surface area contributed by atoms with Gasteiger partial charge in [0.2, 0.25) is 0 Å². The highest BCUT2D eigenvalue weighted by Gasteiger charge is 2.36. The Kier molecular flexibility index (Phi) is 7.77. The van der Waals surface area contributed by atoms with Crippen LogP contribution < -0.4 is 0 Å². The second kappa shape index (κ2) is 9.47. The van der Waals surface area contributed by atoms with Crippen LogP contribution in [0, 0.1) is 18.3 Å². The molecule has 0 aromatic heterocycles. The first-order valence-electron chi connectivity index (χ1n) is 11.6. The van der Waals surface area contributed by atoms with Gasteiger partial charge in [0.05, 0.1) is 0 Å². The van der Waals surface area contributed by atoms with Crippen LogP contribution >= 0.6 is 0 Å². The van der Waals surface area contributed by atoms with Crippen LogP contribution in [0.15, 0.2) is 35.9 Å². The van der Waals surface area contributed by atoms with Crippen LogP contribution in [-0.4, -0.2) is 0 Å². The average molecular weight is 381 g/mol. The molecule has 28 heavy (non-hydrogen) atoms. The first-order valence-corrected chi connectivity index (χ1v) is 11.6. The zero-order valence-corrected chi connectivity index (χ0v) is 19.9. The molecule has 0 amide bonds. The van der Waals surface area contributed by atoms with E-state index in [1.807, 2.05) is 0 Å².